The maximum absolute atomic E-state index is 10.9. The lowest BCUT2D eigenvalue weighted by atomic mass is 10.0. The van der Waals surface area contributed by atoms with Crippen LogP contribution in [0.5, 0.6) is 0 Å². The van der Waals surface area contributed by atoms with E-state index in [2.05, 4.69) is 11.8 Å². The first-order valence-corrected chi connectivity index (χ1v) is 4.81. The third kappa shape index (κ3) is 2.80. The second kappa shape index (κ2) is 5.27. The average molecular weight is 222 g/mol. The molecule has 0 fully saturated rings. The Labute approximate surface area is 93.5 Å². The molecular weight excluding hydrogens is 208 g/mol. The number of para-hydroxylation sites is 1. The Morgan fingerprint density at radius 2 is 2.00 bits per heavy atom. The van der Waals surface area contributed by atoms with Gasteiger partial charge in [-0.3, -0.25) is 9.59 Å². The molecule has 5 heteroatoms. The maximum atomic E-state index is 10.9. The van der Waals surface area contributed by atoms with Gasteiger partial charge in [-0.25, -0.2) is 0 Å². The minimum Gasteiger partial charge on any atom is -0.387 e. The zero-order valence-corrected chi connectivity index (χ0v) is 9.01. The van der Waals surface area contributed by atoms with E-state index >= 15 is 0 Å². The van der Waals surface area contributed by atoms with Gasteiger partial charge < -0.3 is 15.7 Å². The van der Waals surface area contributed by atoms with Crippen LogP contribution in [0.2, 0.25) is 0 Å². The van der Waals surface area contributed by atoms with Crippen LogP contribution in [-0.2, 0) is 16.1 Å². The fourth-order valence-corrected chi connectivity index (χ4v) is 1.35. The zero-order valence-electron chi connectivity index (χ0n) is 9.01. The van der Waals surface area contributed by atoms with Crippen molar-refractivity contribution in [2.24, 2.45) is 5.73 Å². The molecule has 1 aromatic carbocycles. The number of carbonyl (C=O) groups excluding carboxylic acids is 2. The first kappa shape index (κ1) is 12.2. The van der Waals surface area contributed by atoms with Gasteiger partial charge in [0.15, 0.2) is 0 Å². The molecule has 0 aliphatic carbocycles. The average Bonchev–Trinajstić information content (AvgIpc) is 2.20. The van der Waals surface area contributed by atoms with Gasteiger partial charge in [0.05, 0.1) is 6.54 Å². The van der Waals surface area contributed by atoms with Crippen LogP contribution in [0.3, 0.4) is 0 Å². The molecule has 0 atom stereocenters. The van der Waals surface area contributed by atoms with E-state index in [4.69, 9.17) is 5.11 Å². The van der Waals surface area contributed by atoms with E-state index in [0.29, 0.717) is 0 Å². The van der Waals surface area contributed by atoms with E-state index in [-0.39, 0.29) is 5.91 Å². The fourth-order valence-electron chi connectivity index (χ4n) is 1.35. The number of aliphatic hydroxyl groups excluding tert-OH is 1. The van der Waals surface area contributed by atoms with E-state index in [9.17, 15) is 9.59 Å². The molecule has 2 rings (SSSR count). The summed E-state index contributed by atoms with van der Waals surface area (Å²) in [6.45, 7) is 1.82. The number of fused-ring (bicyclic) bond motifs is 1. The number of hydrogen-bond donors (Lipinski definition) is 2. The molecule has 0 bridgehead atoms. The lowest BCUT2D eigenvalue weighted by Gasteiger charge is -2.32. The molecule has 1 aliphatic rings. The van der Waals surface area contributed by atoms with Crippen molar-refractivity contribution in [1.82, 2.24) is 0 Å². The second-order valence-electron chi connectivity index (χ2n) is 3.36. The number of nitrogens with two attached hydrogens (primary N) is 1. The van der Waals surface area contributed by atoms with Crippen molar-refractivity contribution in [3.63, 3.8) is 0 Å². The topological polar surface area (TPSA) is 83.6 Å². The number of benzene rings is 1. The zero-order chi connectivity index (χ0) is 12.1. The summed E-state index contributed by atoms with van der Waals surface area (Å²) in [5.74, 6) is -0.561. The van der Waals surface area contributed by atoms with Crippen LogP contribution in [-0.4, -0.2) is 23.5 Å². The highest BCUT2D eigenvalue weighted by atomic mass is 16.3. The molecule has 0 saturated heterocycles. The van der Waals surface area contributed by atoms with Crippen LogP contribution in [0, 0.1) is 0 Å². The van der Waals surface area contributed by atoms with Gasteiger partial charge in [-0.05, 0) is 11.6 Å². The number of anilines is 1. The number of aliphatic hydroxyl groups is 1. The van der Waals surface area contributed by atoms with Gasteiger partial charge in [0.25, 0.3) is 0 Å². The number of carbonyl (C=O) groups is 2. The third-order valence-corrected chi connectivity index (χ3v) is 2.15. The standard InChI is InChI=1S/C9H9NO.C2H5NO2/c1-7(11)10-6-8-4-2-3-5-9(8)10;3-2(5)1-4/h2-5H,6H2,1H3;4H,1H2,(H2,3,5). The highest BCUT2D eigenvalue weighted by Crippen LogP contribution is 2.31. The molecule has 1 aliphatic heterocycles. The first-order chi connectivity index (χ1) is 7.56. The van der Waals surface area contributed by atoms with Crippen molar-refractivity contribution >= 4 is 17.5 Å². The molecular formula is C11H14N2O3. The van der Waals surface area contributed by atoms with E-state index in [0.717, 1.165) is 12.2 Å². The lowest BCUT2D eigenvalue weighted by Crippen LogP contribution is -2.36. The second-order valence-corrected chi connectivity index (χ2v) is 3.36. The molecule has 1 aromatic rings. The van der Waals surface area contributed by atoms with Gasteiger partial charge in [0.1, 0.15) is 6.61 Å². The lowest BCUT2D eigenvalue weighted by molar-refractivity contribution is -0.120. The number of amides is 2. The van der Waals surface area contributed by atoms with Gasteiger partial charge in [0, 0.05) is 12.6 Å². The summed E-state index contributed by atoms with van der Waals surface area (Å²) in [4.78, 5) is 22.0. The quantitative estimate of drug-likeness (QED) is 0.702. The SMILES string of the molecule is CC(=O)N1Cc2ccccc21.NC(=O)CO. The van der Waals surface area contributed by atoms with Crippen LogP contribution in [0.15, 0.2) is 24.3 Å². The number of primary amides is 1. The molecule has 0 aromatic heterocycles. The van der Waals surface area contributed by atoms with E-state index in [1.165, 1.54) is 5.56 Å². The minimum atomic E-state index is -0.690. The van der Waals surface area contributed by atoms with Crippen LogP contribution in [0.1, 0.15) is 12.5 Å². The van der Waals surface area contributed by atoms with Crippen LogP contribution >= 0.6 is 0 Å². The summed E-state index contributed by atoms with van der Waals surface area (Å²) in [6, 6.07) is 7.97. The fraction of sp³-hybridized carbons (Fsp3) is 0.273. The van der Waals surface area contributed by atoms with Crippen molar-refractivity contribution in [1.29, 1.82) is 0 Å². The molecule has 16 heavy (non-hydrogen) atoms. The van der Waals surface area contributed by atoms with Crippen molar-refractivity contribution in [2.75, 3.05) is 11.5 Å². The van der Waals surface area contributed by atoms with Gasteiger partial charge in [-0.1, -0.05) is 18.2 Å². The van der Waals surface area contributed by atoms with Crippen LogP contribution < -0.4 is 10.6 Å². The smallest absolute Gasteiger partial charge is 0.243 e. The van der Waals surface area contributed by atoms with Crippen molar-refractivity contribution in [3.05, 3.63) is 29.8 Å². The van der Waals surface area contributed by atoms with Crippen molar-refractivity contribution in [3.8, 4) is 0 Å². The maximum Gasteiger partial charge on any atom is 0.243 e. The predicted octanol–water partition coefficient (Wildman–Crippen LogP) is 0.0171. The highest BCUT2D eigenvalue weighted by Gasteiger charge is 2.24. The summed E-state index contributed by atoms with van der Waals surface area (Å²) >= 11 is 0. The number of hydrogen-bond acceptors (Lipinski definition) is 3. The third-order valence-electron chi connectivity index (χ3n) is 2.15. The first-order valence-electron chi connectivity index (χ1n) is 4.81. The van der Waals surface area contributed by atoms with E-state index < -0.39 is 12.5 Å². The molecule has 0 unspecified atom stereocenters. The Bertz CT molecular complexity index is 404. The minimum absolute atomic E-state index is 0.128. The monoisotopic (exact) mass is 222 g/mol. The highest BCUT2D eigenvalue weighted by molar-refractivity contribution is 5.95. The molecule has 5 nitrogen and oxygen atoms in total. The molecule has 0 spiro atoms. The van der Waals surface area contributed by atoms with Crippen molar-refractivity contribution < 1.29 is 14.7 Å². The number of rotatable bonds is 1. The van der Waals surface area contributed by atoms with Gasteiger partial charge in [0.2, 0.25) is 11.8 Å². The molecule has 1 heterocycles. The summed E-state index contributed by atoms with van der Waals surface area (Å²) in [7, 11) is 0. The summed E-state index contributed by atoms with van der Waals surface area (Å²) in [6.07, 6.45) is 0. The Morgan fingerprint density at radius 3 is 2.44 bits per heavy atom. The summed E-state index contributed by atoms with van der Waals surface area (Å²) in [5.41, 5.74) is 6.74. The van der Waals surface area contributed by atoms with Gasteiger partial charge in [-0.15, -0.1) is 0 Å². The van der Waals surface area contributed by atoms with E-state index in [1.807, 2.05) is 18.2 Å². The van der Waals surface area contributed by atoms with Crippen LogP contribution in [0.25, 0.3) is 0 Å². The Kier molecular flexibility index (Phi) is 4.02. The van der Waals surface area contributed by atoms with E-state index in [1.54, 1.807) is 11.8 Å². The molecule has 86 valence electrons. The summed E-state index contributed by atoms with van der Waals surface area (Å²) < 4.78 is 0. The van der Waals surface area contributed by atoms with Crippen LogP contribution in [0.4, 0.5) is 5.69 Å². The number of nitrogens with zero attached hydrogens (tertiary/aromatic N) is 1. The molecule has 3 N–H and O–H groups in total. The van der Waals surface area contributed by atoms with Crippen molar-refractivity contribution in [2.45, 2.75) is 13.5 Å². The Morgan fingerprint density at radius 1 is 1.44 bits per heavy atom. The summed E-state index contributed by atoms with van der Waals surface area (Å²) in [5, 5.41) is 7.67. The normalized spacial score (nSPS) is 11.8. The largest absolute Gasteiger partial charge is 0.387 e. The molecule has 0 saturated carbocycles. The Hall–Kier alpha value is -1.88. The van der Waals surface area contributed by atoms with Gasteiger partial charge in [-0.2, -0.15) is 0 Å². The predicted molar refractivity (Wildman–Crippen MR) is 59.6 cm³/mol. The Balaban J connectivity index is 0.000000221. The molecule has 0 radical (unpaired) electrons. The van der Waals surface area contributed by atoms with Gasteiger partial charge >= 0.3 is 0 Å². The molecule has 2 amide bonds.